The van der Waals surface area contributed by atoms with E-state index in [4.69, 9.17) is 27.9 Å². The Kier molecular flexibility index (Phi) is 5.92. The van der Waals surface area contributed by atoms with Gasteiger partial charge >= 0.3 is 5.97 Å². The molecule has 0 aliphatic rings. The van der Waals surface area contributed by atoms with Gasteiger partial charge in [-0.2, -0.15) is 4.37 Å². The summed E-state index contributed by atoms with van der Waals surface area (Å²) in [5.41, 5.74) is 0.590. The van der Waals surface area contributed by atoms with Crippen molar-refractivity contribution in [3.05, 3.63) is 50.7 Å². The molecule has 1 aromatic carbocycles. The van der Waals surface area contributed by atoms with Crippen LogP contribution in [0.15, 0.2) is 24.3 Å². The predicted octanol–water partition coefficient (Wildman–Crippen LogP) is 3.45. The van der Waals surface area contributed by atoms with E-state index in [1.54, 1.807) is 12.1 Å². The smallest absolute Gasteiger partial charge is 0.360 e. The number of rotatable bonds is 5. The molecule has 2 rings (SSSR count). The molecule has 0 aliphatic heterocycles. The summed E-state index contributed by atoms with van der Waals surface area (Å²) in [6, 6.07) is 5.67. The number of ether oxygens (including phenoxy) is 1. The van der Waals surface area contributed by atoms with E-state index in [2.05, 4.69) is 9.69 Å². The molecule has 1 unspecified atom stereocenters. The molecule has 9 heteroatoms. The maximum Gasteiger partial charge on any atom is 0.360 e. The van der Waals surface area contributed by atoms with Crippen molar-refractivity contribution in [2.45, 2.75) is 19.6 Å². The fourth-order valence-corrected chi connectivity index (χ4v) is 2.57. The van der Waals surface area contributed by atoms with Crippen LogP contribution in [-0.4, -0.2) is 22.4 Å². The molecule has 23 heavy (non-hydrogen) atoms. The lowest BCUT2D eigenvalue weighted by molar-refractivity contribution is -0.129. The van der Waals surface area contributed by atoms with Crippen LogP contribution in [0.25, 0.3) is 0 Å². The third-order valence-electron chi connectivity index (χ3n) is 2.82. The Morgan fingerprint density at radius 3 is 2.57 bits per heavy atom. The second kappa shape index (κ2) is 7.72. The molecule has 1 heterocycles. The number of nitrogens with one attached hydrogen (secondary N) is 1. The minimum absolute atomic E-state index is 0.000544. The fraction of sp³-hybridized carbons (Fsp3) is 0.214. The van der Waals surface area contributed by atoms with Crippen LogP contribution >= 0.6 is 34.7 Å². The van der Waals surface area contributed by atoms with E-state index in [1.807, 2.05) is 0 Å². The van der Waals surface area contributed by atoms with Crippen LogP contribution in [0.2, 0.25) is 9.36 Å². The van der Waals surface area contributed by atoms with E-state index in [0.29, 0.717) is 5.56 Å². The van der Waals surface area contributed by atoms with E-state index < -0.39 is 18.0 Å². The molecule has 1 atom stereocenters. The number of halogens is 3. The van der Waals surface area contributed by atoms with Crippen molar-refractivity contribution in [2.24, 2.45) is 0 Å². The lowest BCUT2D eigenvalue weighted by Crippen LogP contribution is -2.35. The fourth-order valence-electron chi connectivity index (χ4n) is 1.59. The van der Waals surface area contributed by atoms with Gasteiger partial charge in [-0.1, -0.05) is 35.3 Å². The first-order chi connectivity index (χ1) is 10.9. The van der Waals surface area contributed by atoms with Crippen molar-refractivity contribution in [3.63, 3.8) is 0 Å². The van der Waals surface area contributed by atoms with Crippen LogP contribution in [0.5, 0.6) is 0 Å². The molecule has 122 valence electrons. The van der Waals surface area contributed by atoms with Gasteiger partial charge in [0.1, 0.15) is 15.2 Å². The monoisotopic (exact) mass is 376 g/mol. The predicted molar refractivity (Wildman–Crippen MR) is 85.3 cm³/mol. The number of hydrogen-bond donors (Lipinski definition) is 1. The van der Waals surface area contributed by atoms with Crippen LogP contribution in [-0.2, 0) is 16.1 Å². The Bertz CT molecular complexity index is 721. The molecule has 1 aromatic heterocycles. The normalized spacial score (nSPS) is 11.8. The number of hydrogen-bond acceptors (Lipinski definition) is 5. The molecule has 0 radical (unpaired) electrons. The molecule has 0 aliphatic carbocycles. The molecule has 1 amide bonds. The Morgan fingerprint density at radius 2 is 2.00 bits per heavy atom. The molecule has 0 saturated carbocycles. The van der Waals surface area contributed by atoms with Crippen LogP contribution in [0, 0.1) is 5.82 Å². The van der Waals surface area contributed by atoms with Crippen molar-refractivity contribution in [1.82, 2.24) is 9.69 Å². The van der Waals surface area contributed by atoms with Gasteiger partial charge in [0, 0.05) is 6.54 Å². The number of aromatic nitrogens is 1. The van der Waals surface area contributed by atoms with Crippen LogP contribution in [0.3, 0.4) is 0 Å². The van der Waals surface area contributed by atoms with E-state index in [1.165, 1.54) is 19.1 Å². The number of carbonyl (C=O) groups is 2. The third kappa shape index (κ3) is 4.63. The summed E-state index contributed by atoms with van der Waals surface area (Å²) < 4.78 is 21.7. The molecular formula is C14H11Cl2FN2O3S. The Hall–Kier alpha value is -1.70. The number of nitrogens with zero attached hydrogens (tertiary/aromatic N) is 1. The molecule has 5 nitrogen and oxygen atoms in total. The number of esters is 1. The third-order valence-corrected chi connectivity index (χ3v) is 4.43. The van der Waals surface area contributed by atoms with Crippen LogP contribution in [0.4, 0.5) is 4.39 Å². The standard InChI is InChI=1S/C14H11Cl2FN2O3S/c1-7(22-14(21)11-10(15)12(16)23-19-11)13(20)18-6-8-2-4-9(17)5-3-8/h2-5,7H,6H2,1H3,(H,18,20). The minimum Gasteiger partial charge on any atom is -0.448 e. The van der Waals surface area contributed by atoms with Gasteiger partial charge in [-0.25, -0.2) is 9.18 Å². The number of carbonyl (C=O) groups excluding carboxylic acids is 2. The lowest BCUT2D eigenvalue weighted by Gasteiger charge is -2.13. The van der Waals surface area contributed by atoms with Crippen molar-refractivity contribution >= 4 is 46.6 Å². The number of amides is 1. The largest absolute Gasteiger partial charge is 0.448 e. The highest BCUT2D eigenvalue weighted by Gasteiger charge is 2.24. The van der Waals surface area contributed by atoms with Crippen LogP contribution < -0.4 is 5.32 Å². The topological polar surface area (TPSA) is 68.3 Å². The zero-order valence-corrected chi connectivity index (χ0v) is 14.1. The number of benzene rings is 1. The Morgan fingerprint density at radius 1 is 1.35 bits per heavy atom. The highest BCUT2D eigenvalue weighted by Crippen LogP contribution is 2.29. The van der Waals surface area contributed by atoms with Gasteiger partial charge in [0.15, 0.2) is 11.8 Å². The summed E-state index contributed by atoms with van der Waals surface area (Å²) >= 11 is 12.4. The second-order valence-corrected chi connectivity index (χ2v) is 6.26. The molecule has 0 spiro atoms. The van der Waals surface area contributed by atoms with Crippen molar-refractivity contribution < 1.29 is 18.7 Å². The molecule has 0 saturated heterocycles. The maximum atomic E-state index is 12.8. The summed E-state index contributed by atoms with van der Waals surface area (Å²) in [6.07, 6.45) is -1.04. The van der Waals surface area contributed by atoms with E-state index >= 15 is 0 Å². The lowest BCUT2D eigenvalue weighted by atomic mass is 10.2. The summed E-state index contributed by atoms with van der Waals surface area (Å²) in [4.78, 5) is 23.8. The Balaban J connectivity index is 1.88. The van der Waals surface area contributed by atoms with Gasteiger partial charge in [-0.3, -0.25) is 4.79 Å². The van der Waals surface area contributed by atoms with Gasteiger partial charge in [0.25, 0.3) is 5.91 Å². The molecule has 1 N–H and O–H groups in total. The van der Waals surface area contributed by atoms with Crippen molar-refractivity contribution in [3.8, 4) is 0 Å². The highest BCUT2D eigenvalue weighted by atomic mass is 35.5. The van der Waals surface area contributed by atoms with E-state index in [9.17, 15) is 14.0 Å². The highest BCUT2D eigenvalue weighted by molar-refractivity contribution is 7.11. The summed E-state index contributed by atoms with van der Waals surface area (Å²) in [6.45, 7) is 1.60. The quantitative estimate of drug-likeness (QED) is 0.811. The van der Waals surface area contributed by atoms with E-state index in [-0.39, 0.29) is 27.4 Å². The molecule has 0 bridgehead atoms. The molecule has 0 fully saturated rings. The van der Waals surface area contributed by atoms with Gasteiger partial charge in [0.05, 0.1) is 0 Å². The van der Waals surface area contributed by atoms with Crippen molar-refractivity contribution in [1.29, 1.82) is 0 Å². The minimum atomic E-state index is -1.04. The molecule has 2 aromatic rings. The van der Waals surface area contributed by atoms with Crippen molar-refractivity contribution in [2.75, 3.05) is 0 Å². The summed E-state index contributed by atoms with van der Waals surface area (Å²) in [7, 11) is 0. The Labute approximate surface area is 145 Å². The molecular weight excluding hydrogens is 366 g/mol. The summed E-state index contributed by atoms with van der Waals surface area (Å²) in [5, 5.41) is 2.58. The van der Waals surface area contributed by atoms with Crippen LogP contribution in [0.1, 0.15) is 23.0 Å². The van der Waals surface area contributed by atoms with Gasteiger partial charge < -0.3 is 10.1 Å². The average Bonchev–Trinajstić information content (AvgIpc) is 2.86. The summed E-state index contributed by atoms with van der Waals surface area (Å²) in [5.74, 6) is -1.69. The average molecular weight is 377 g/mol. The van der Waals surface area contributed by atoms with Gasteiger partial charge in [-0.15, -0.1) is 0 Å². The first-order valence-corrected chi connectivity index (χ1v) is 7.95. The zero-order chi connectivity index (χ0) is 17.0. The second-order valence-electron chi connectivity index (χ2n) is 4.51. The first-order valence-electron chi connectivity index (χ1n) is 6.42. The van der Waals surface area contributed by atoms with Gasteiger partial charge in [-0.05, 0) is 36.2 Å². The van der Waals surface area contributed by atoms with Gasteiger partial charge in [0.2, 0.25) is 0 Å². The maximum absolute atomic E-state index is 12.8. The zero-order valence-electron chi connectivity index (χ0n) is 11.8. The SMILES string of the molecule is CC(OC(=O)c1nsc(Cl)c1Cl)C(=O)NCc1ccc(F)cc1. The first kappa shape index (κ1) is 17.7. The van der Waals surface area contributed by atoms with E-state index in [0.717, 1.165) is 11.5 Å².